The largest absolute Gasteiger partial charge is 0.306 e. The first kappa shape index (κ1) is 7.90. The Morgan fingerprint density at radius 2 is 1.73 bits per heavy atom. The normalized spacial score (nSPS) is 32.2. The lowest BCUT2D eigenvalue weighted by Crippen LogP contribution is -2.56. The average molecular weight is 172 g/mol. The van der Waals surface area contributed by atoms with Gasteiger partial charge in [0.25, 0.3) is 0 Å². The Hall–Kier alpha value is 0.270. The summed E-state index contributed by atoms with van der Waals surface area (Å²) in [5, 5.41) is 0. The molecule has 1 spiro atoms. The van der Waals surface area contributed by atoms with Crippen LogP contribution in [0.1, 0.15) is 12.8 Å². The number of thiol groups is 1. The summed E-state index contributed by atoms with van der Waals surface area (Å²) in [6, 6.07) is 0. The van der Waals surface area contributed by atoms with Gasteiger partial charge in [0.15, 0.2) is 0 Å². The van der Waals surface area contributed by atoms with Crippen molar-refractivity contribution in [3.63, 3.8) is 0 Å². The minimum Gasteiger partial charge on any atom is -0.306 e. The van der Waals surface area contributed by atoms with Gasteiger partial charge in [-0.25, -0.2) is 0 Å². The highest BCUT2D eigenvalue weighted by atomic mass is 32.1. The van der Waals surface area contributed by atoms with E-state index in [1.165, 1.54) is 39.0 Å². The van der Waals surface area contributed by atoms with E-state index >= 15 is 0 Å². The molecule has 2 saturated heterocycles. The molecule has 11 heavy (non-hydrogen) atoms. The third-order valence-corrected chi connectivity index (χ3v) is 3.37. The van der Waals surface area contributed by atoms with E-state index in [9.17, 15) is 0 Å². The van der Waals surface area contributed by atoms with E-state index in [0.29, 0.717) is 5.41 Å². The van der Waals surface area contributed by atoms with Crippen LogP contribution >= 0.6 is 12.8 Å². The van der Waals surface area contributed by atoms with E-state index in [2.05, 4.69) is 29.1 Å². The van der Waals surface area contributed by atoms with Crippen molar-refractivity contribution < 1.29 is 0 Å². The molecule has 0 unspecified atom stereocenters. The topological polar surface area (TPSA) is 6.48 Å². The summed E-state index contributed by atoms with van der Waals surface area (Å²) in [5.74, 6) is 0. The lowest BCUT2D eigenvalue weighted by molar-refractivity contribution is 0.0148. The highest BCUT2D eigenvalue weighted by Crippen LogP contribution is 2.40. The molecule has 0 aliphatic carbocycles. The van der Waals surface area contributed by atoms with Gasteiger partial charge in [0.1, 0.15) is 0 Å². The number of rotatable bonds is 0. The Labute approximate surface area is 74.1 Å². The molecule has 2 aliphatic rings. The molecule has 0 aromatic rings. The molecular weight excluding hydrogens is 156 g/mol. The van der Waals surface area contributed by atoms with Crippen molar-refractivity contribution in [2.45, 2.75) is 12.8 Å². The molecule has 0 amide bonds. The summed E-state index contributed by atoms with van der Waals surface area (Å²) < 4.78 is 2.13. The van der Waals surface area contributed by atoms with Crippen molar-refractivity contribution >= 4 is 12.8 Å². The molecule has 2 rings (SSSR count). The fraction of sp³-hybridized carbons (Fsp3) is 1.00. The van der Waals surface area contributed by atoms with Gasteiger partial charge in [0.2, 0.25) is 0 Å². The standard InChI is InChI=1S/C8H16N2S/c1-9-4-2-8(3-5-9)6-10(11)7-8/h11H,2-7H2,1H3. The van der Waals surface area contributed by atoms with Crippen LogP contribution in [0.3, 0.4) is 0 Å². The van der Waals surface area contributed by atoms with Gasteiger partial charge in [-0.1, -0.05) is 12.8 Å². The van der Waals surface area contributed by atoms with Crippen LogP contribution in [0.25, 0.3) is 0 Å². The second-order valence-corrected chi connectivity index (χ2v) is 4.69. The van der Waals surface area contributed by atoms with Gasteiger partial charge in [-0.3, -0.25) is 4.31 Å². The first-order valence-corrected chi connectivity index (χ1v) is 4.73. The second kappa shape index (κ2) is 2.64. The number of nitrogens with zero attached hydrogens (tertiary/aromatic N) is 2. The third-order valence-electron chi connectivity index (χ3n) is 3.08. The quantitative estimate of drug-likeness (QED) is 0.541. The Morgan fingerprint density at radius 1 is 1.18 bits per heavy atom. The van der Waals surface area contributed by atoms with Crippen molar-refractivity contribution in [3.8, 4) is 0 Å². The maximum Gasteiger partial charge on any atom is 0.0157 e. The summed E-state index contributed by atoms with van der Waals surface area (Å²) >= 11 is 4.31. The first-order chi connectivity index (χ1) is 5.20. The van der Waals surface area contributed by atoms with Crippen molar-refractivity contribution in [3.05, 3.63) is 0 Å². The Bertz CT molecular complexity index is 144. The van der Waals surface area contributed by atoms with Crippen LogP contribution in [0.4, 0.5) is 0 Å². The second-order valence-electron chi connectivity index (χ2n) is 4.13. The fourth-order valence-corrected chi connectivity index (χ4v) is 2.74. The summed E-state index contributed by atoms with van der Waals surface area (Å²) in [6.07, 6.45) is 2.75. The predicted octanol–water partition coefficient (Wildman–Crippen LogP) is 0.859. The number of hydrogen-bond donors (Lipinski definition) is 1. The zero-order chi connectivity index (χ0) is 7.90. The summed E-state index contributed by atoms with van der Waals surface area (Å²) in [7, 11) is 2.21. The van der Waals surface area contributed by atoms with Gasteiger partial charge in [-0.05, 0) is 33.0 Å². The third kappa shape index (κ3) is 1.42. The minimum absolute atomic E-state index is 0.661. The molecule has 2 fully saturated rings. The molecule has 0 bridgehead atoms. The van der Waals surface area contributed by atoms with E-state index < -0.39 is 0 Å². The highest BCUT2D eigenvalue weighted by molar-refractivity contribution is 7.77. The molecule has 0 saturated carbocycles. The number of hydrogen-bond acceptors (Lipinski definition) is 3. The smallest absolute Gasteiger partial charge is 0.0157 e. The summed E-state index contributed by atoms with van der Waals surface area (Å²) in [6.45, 7) is 4.98. The zero-order valence-electron chi connectivity index (χ0n) is 7.08. The lowest BCUT2D eigenvalue weighted by Gasteiger charge is -2.51. The van der Waals surface area contributed by atoms with Crippen molar-refractivity contribution in [2.24, 2.45) is 5.41 Å². The van der Waals surface area contributed by atoms with Gasteiger partial charge in [-0.2, -0.15) is 0 Å². The molecule has 0 atom stereocenters. The van der Waals surface area contributed by atoms with E-state index in [0.717, 1.165) is 0 Å². The molecule has 2 nitrogen and oxygen atoms in total. The van der Waals surface area contributed by atoms with E-state index in [4.69, 9.17) is 0 Å². The molecule has 0 N–H and O–H groups in total. The van der Waals surface area contributed by atoms with Gasteiger partial charge < -0.3 is 4.90 Å². The van der Waals surface area contributed by atoms with Crippen LogP contribution in [-0.4, -0.2) is 42.4 Å². The SMILES string of the molecule is CN1CCC2(CC1)CN(S)C2. The van der Waals surface area contributed by atoms with Gasteiger partial charge in [0.05, 0.1) is 0 Å². The van der Waals surface area contributed by atoms with Gasteiger partial charge in [0, 0.05) is 18.5 Å². The first-order valence-electron chi connectivity index (χ1n) is 4.33. The minimum atomic E-state index is 0.661. The number of likely N-dealkylation sites (tertiary alicyclic amines) is 1. The lowest BCUT2D eigenvalue weighted by atomic mass is 9.73. The summed E-state index contributed by atoms with van der Waals surface area (Å²) in [4.78, 5) is 2.42. The molecule has 64 valence electrons. The molecule has 0 radical (unpaired) electrons. The van der Waals surface area contributed by atoms with Crippen LogP contribution in [0.15, 0.2) is 0 Å². The van der Waals surface area contributed by atoms with Gasteiger partial charge >= 0.3 is 0 Å². The van der Waals surface area contributed by atoms with E-state index in [-0.39, 0.29) is 0 Å². The van der Waals surface area contributed by atoms with Crippen molar-refractivity contribution in [1.82, 2.24) is 9.21 Å². The Balaban J connectivity index is 1.88. The van der Waals surface area contributed by atoms with Crippen LogP contribution < -0.4 is 0 Å². The van der Waals surface area contributed by atoms with Crippen LogP contribution in [-0.2, 0) is 0 Å². The average Bonchev–Trinajstić information content (AvgIpc) is 1.92. The highest BCUT2D eigenvalue weighted by Gasteiger charge is 2.42. The summed E-state index contributed by atoms with van der Waals surface area (Å²) in [5.41, 5.74) is 0.661. The zero-order valence-corrected chi connectivity index (χ0v) is 7.98. The van der Waals surface area contributed by atoms with Crippen LogP contribution in [0.5, 0.6) is 0 Å². The Kier molecular flexibility index (Phi) is 1.90. The molecule has 0 aromatic carbocycles. The molecule has 3 heteroatoms. The van der Waals surface area contributed by atoms with E-state index in [1.807, 2.05) is 0 Å². The van der Waals surface area contributed by atoms with E-state index in [1.54, 1.807) is 0 Å². The monoisotopic (exact) mass is 172 g/mol. The fourth-order valence-electron chi connectivity index (χ4n) is 2.14. The van der Waals surface area contributed by atoms with Crippen LogP contribution in [0, 0.1) is 5.41 Å². The van der Waals surface area contributed by atoms with Gasteiger partial charge in [-0.15, -0.1) is 0 Å². The molecule has 2 aliphatic heterocycles. The van der Waals surface area contributed by atoms with Crippen molar-refractivity contribution in [1.29, 1.82) is 0 Å². The molecular formula is C8H16N2S. The molecule has 0 aromatic heterocycles. The molecule has 2 heterocycles. The van der Waals surface area contributed by atoms with Crippen molar-refractivity contribution in [2.75, 3.05) is 33.2 Å². The maximum absolute atomic E-state index is 4.31. The van der Waals surface area contributed by atoms with Crippen LogP contribution in [0.2, 0.25) is 0 Å². The number of piperidine rings is 1. The predicted molar refractivity (Wildman–Crippen MR) is 49.7 cm³/mol. The maximum atomic E-state index is 4.31. The Morgan fingerprint density at radius 3 is 2.18 bits per heavy atom.